The SMILES string of the molecule is Cc1[nH]c2cccc(Cl)c2c1C(O)C=O. The predicted octanol–water partition coefficient (Wildman–Crippen LogP) is 2.36. The summed E-state index contributed by atoms with van der Waals surface area (Å²) in [4.78, 5) is 13.7. The first kappa shape index (κ1) is 10.2. The quantitative estimate of drug-likeness (QED) is 0.768. The third kappa shape index (κ3) is 1.54. The van der Waals surface area contributed by atoms with Crippen LogP contribution in [0.15, 0.2) is 18.2 Å². The highest BCUT2D eigenvalue weighted by Gasteiger charge is 2.17. The monoisotopic (exact) mass is 223 g/mol. The number of rotatable bonds is 2. The number of hydrogen-bond donors (Lipinski definition) is 2. The van der Waals surface area contributed by atoms with E-state index in [-0.39, 0.29) is 0 Å². The highest BCUT2D eigenvalue weighted by Crippen LogP contribution is 2.32. The molecule has 0 radical (unpaired) electrons. The molecule has 0 saturated carbocycles. The molecule has 0 fully saturated rings. The van der Waals surface area contributed by atoms with E-state index in [1.165, 1.54) is 0 Å². The molecule has 1 unspecified atom stereocenters. The highest BCUT2D eigenvalue weighted by molar-refractivity contribution is 6.35. The molecule has 0 amide bonds. The zero-order valence-electron chi connectivity index (χ0n) is 8.12. The van der Waals surface area contributed by atoms with E-state index in [0.717, 1.165) is 16.6 Å². The van der Waals surface area contributed by atoms with Crippen molar-refractivity contribution in [3.63, 3.8) is 0 Å². The number of benzene rings is 1. The maximum absolute atomic E-state index is 10.6. The molecular formula is C11H10ClNO2. The van der Waals surface area contributed by atoms with E-state index in [2.05, 4.69) is 4.98 Å². The van der Waals surface area contributed by atoms with Crippen molar-refractivity contribution in [1.29, 1.82) is 0 Å². The maximum atomic E-state index is 10.6. The molecule has 1 heterocycles. The van der Waals surface area contributed by atoms with E-state index < -0.39 is 6.10 Å². The molecule has 0 bridgehead atoms. The molecule has 0 saturated heterocycles. The number of nitrogens with one attached hydrogen (secondary N) is 1. The number of aldehydes is 1. The van der Waals surface area contributed by atoms with Crippen LogP contribution in [0.3, 0.4) is 0 Å². The number of carbonyl (C=O) groups is 1. The van der Waals surface area contributed by atoms with Crippen molar-refractivity contribution >= 4 is 28.8 Å². The first-order valence-electron chi connectivity index (χ1n) is 4.55. The molecule has 2 aromatic rings. The third-order valence-electron chi connectivity index (χ3n) is 2.43. The lowest BCUT2D eigenvalue weighted by atomic mass is 10.1. The molecule has 0 spiro atoms. The van der Waals surface area contributed by atoms with Crippen LogP contribution >= 0.6 is 11.6 Å². The lowest BCUT2D eigenvalue weighted by Crippen LogP contribution is -1.99. The van der Waals surface area contributed by atoms with Gasteiger partial charge >= 0.3 is 0 Å². The summed E-state index contributed by atoms with van der Waals surface area (Å²) in [6.07, 6.45) is -0.627. The number of aryl methyl sites for hydroxylation is 1. The van der Waals surface area contributed by atoms with Crippen molar-refractivity contribution in [2.45, 2.75) is 13.0 Å². The topological polar surface area (TPSA) is 53.1 Å². The number of carbonyl (C=O) groups excluding carboxylic acids is 1. The molecule has 3 nitrogen and oxygen atoms in total. The van der Waals surface area contributed by atoms with Gasteiger partial charge in [-0.15, -0.1) is 0 Å². The Labute approximate surface area is 91.7 Å². The standard InChI is InChI=1S/C11H10ClNO2/c1-6-10(9(15)5-14)11-7(12)3-2-4-8(11)13-6/h2-5,9,13,15H,1H3. The summed E-state index contributed by atoms with van der Waals surface area (Å²) >= 11 is 6.03. The van der Waals surface area contributed by atoms with Gasteiger partial charge in [-0.05, 0) is 19.1 Å². The second kappa shape index (κ2) is 3.68. The minimum absolute atomic E-state index is 0.499. The van der Waals surface area contributed by atoms with Crippen LogP contribution in [-0.4, -0.2) is 16.4 Å². The van der Waals surface area contributed by atoms with Gasteiger partial charge in [-0.3, -0.25) is 0 Å². The molecule has 1 aromatic carbocycles. The van der Waals surface area contributed by atoms with E-state index >= 15 is 0 Å². The number of aliphatic hydroxyl groups is 1. The van der Waals surface area contributed by atoms with Crippen LogP contribution in [0.5, 0.6) is 0 Å². The lowest BCUT2D eigenvalue weighted by molar-refractivity contribution is -0.115. The van der Waals surface area contributed by atoms with Crippen LogP contribution in [0, 0.1) is 6.92 Å². The van der Waals surface area contributed by atoms with Gasteiger partial charge in [0.25, 0.3) is 0 Å². The smallest absolute Gasteiger partial charge is 0.153 e. The van der Waals surface area contributed by atoms with Gasteiger partial charge in [0.05, 0.1) is 5.02 Å². The van der Waals surface area contributed by atoms with E-state index in [4.69, 9.17) is 11.6 Å². The number of aromatic amines is 1. The molecule has 0 aliphatic rings. The molecule has 1 atom stereocenters. The minimum atomic E-state index is -1.13. The van der Waals surface area contributed by atoms with Crippen molar-refractivity contribution in [3.8, 4) is 0 Å². The van der Waals surface area contributed by atoms with Crippen molar-refractivity contribution in [3.05, 3.63) is 34.5 Å². The first-order valence-corrected chi connectivity index (χ1v) is 4.93. The fourth-order valence-electron chi connectivity index (χ4n) is 1.80. The molecule has 2 N–H and O–H groups in total. The van der Waals surface area contributed by atoms with Gasteiger partial charge < -0.3 is 14.9 Å². The summed E-state index contributed by atoms with van der Waals surface area (Å²) in [6.45, 7) is 1.80. The van der Waals surface area contributed by atoms with E-state index in [1.54, 1.807) is 13.0 Å². The Bertz CT molecular complexity index is 519. The highest BCUT2D eigenvalue weighted by atomic mass is 35.5. The minimum Gasteiger partial charge on any atom is -0.381 e. The lowest BCUT2D eigenvalue weighted by Gasteiger charge is -2.03. The number of halogens is 1. The van der Waals surface area contributed by atoms with Gasteiger partial charge in [-0.2, -0.15) is 0 Å². The maximum Gasteiger partial charge on any atom is 0.153 e. The Morgan fingerprint density at radius 3 is 2.93 bits per heavy atom. The van der Waals surface area contributed by atoms with Crippen LogP contribution in [0.2, 0.25) is 5.02 Å². The van der Waals surface area contributed by atoms with Crippen LogP contribution in [-0.2, 0) is 4.79 Å². The molecule has 0 aliphatic heterocycles. The van der Waals surface area contributed by atoms with E-state index in [9.17, 15) is 9.90 Å². The van der Waals surface area contributed by atoms with Gasteiger partial charge in [0, 0.05) is 22.2 Å². The summed E-state index contributed by atoms with van der Waals surface area (Å²) in [5.41, 5.74) is 2.15. The number of H-pyrrole nitrogens is 1. The van der Waals surface area contributed by atoms with Crippen LogP contribution in [0.1, 0.15) is 17.4 Å². The van der Waals surface area contributed by atoms with E-state index in [1.807, 2.05) is 12.1 Å². The van der Waals surface area contributed by atoms with Crippen molar-refractivity contribution in [1.82, 2.24) is 4.98 Å². The molecule has 2 rings (SSSR count). The van der Waals surface area contributed by atoms with Crippen molar-refractivity contribution in [2.75, 3.05) is 0 Å². The molecule has 0 aliphatic carbocycles. The summed E-state index contributed by atoms with van der Waals surface area (Å²) in [5, 5.41) is 10.8. The van der Waals surface area contributed by atoms with Gasteiger partial charge in [0.15, 0.2) is 6.29 Å². The first-order chi connectivity index (χ1) is 7.15. The molecule has 4 heteroatoms. The molecular weight excluding hydrogens is 214 g/mol. The van der Waals surface area contributed by atoms with Crippen molar-refractivity contribution < 1.29 is 9.90 Å². The number of hydrogen-bond acceptors (Lipinski definition) is 2. The third-order valence-corrected chi connectivity index (χ3v) is 2.75. The van der Waals surface area contributed by atoms with Gasteiger partial charge in [0.2, 0.25) is 0 Å². The van der Waals surface area contributed by atoms with Crippen LogP contribution in [0.4, 0.5) is 0 Å². The summed E-state index contributed by atoms with van der Waals surface area (Å²) in [5.74, 6) is 0. The Morgan fingerprint density at radius 2 is 2.27 bits per heavy atom. The molecule has 78 valence electrons. The van der Waals surface area contributed by atoms with Crippen molar-refractivity contribution in [2.24, 2.45) is 0 Å². The molecule has 1 aromatic heterocycles. The summed E-state index contributed by atoms with van der Waals surface area (Å²) in [7, 11) is 0. The zero-order chi connectivity index (χ0) is 11.0. The number of aliphatic hydroxyl groups excluding tert-OH is 1. The normalized spacial score (nSPS) is 13.0. The van der Waals surface area contributed by atoms with Gasteiger partial charge in [-0.1, -0.05) is 17.7 Å². The second-order valence-electron chi connectivity index (χ2n) is 3.41. The number of aromatic nitrogens is 1. The Hall–Kier alpha value is -1.32. The van der Waals surface area contributed by atoms with E-state index in [0.29, 0.717) is 16.9 Å². The fourth-order valence-corrected chi connectivity index (χ4v) is 2.07. The summed E-state index contributed by atoms with van der Waals surface area (Å²) < 4.78 is 0. The Kier molecular flexibility index (Phi) is 2.50. The Balaban J connectivity index is 2.82. The zero-order valence-corrected chi connectivity index (χ0v) is 8.88. The Morgan fingerprint density at radius 1 is 1.53 bits per heavy atom. The van der Waals surface area contributed by atoms with Gasteiger partial charge in [-0.25, -0.2) is 0 Å². The predicted molar refractivity (Wildman–Crippen MR) is 59.1 cm³/mol. The fraction of sp³-hybridized carbons (Fsp3) is 0.182. The van der Waals surface area contributed by atoms with Gasteiger partial charge in [0.1, 0.15) is 6.10 Å². The molecule has 15 heavy (non-hydrogen) atoms. The van der Waals surface area contributed by atoms with Crippen LogP contribution < -0.4 is 0 Å². The second-order valence-corrected chi connectivity index (χ2v) is 3.81. The largest absolute Gasteiger partial charge is 0.381 e. The summed E-state index contributed by atoms with van der Waals surface area (Å²) in [6, 6.07) is 5.41. The number of fused-ring (bicyclic) bond motifs is 1. The average molecular weight is 224 g/mol. The van der Waals surface area contributed by atoms with Crippen LogP contribution in [0.25, 0.3) is 10.9 Å². The average Bonchev–Trinajstić information content (AvgIpc) is 2.55.